The van der Waals surface area contributed by atoms with Crippen LogP contribution >= 0.6 is 11.3 Å². The highest BCUT2D eigenvalue weighted by atomic mass is 32.1. The van der Waals surface area contributed by atoms with Gasteiger partial charge < -0.3 is 5.32 Å². The summed E-state index contributed by atoms with van der Waals surface area (Å²) in [5.74, 6) is -1.05. The lowest BCUT2D eigenvalue weighted by atomic mass is 10.1. The zero-order valence-corrected chi connectivity index (χ0v) is 13.5. The van der Waals surface area contributed by atoms with Gasteiger partial charge in [0.1, 0.15) is 0 Å². The molecule has 3 aromatic rings. The monoisotopic (exact) mass is 340 g/mol. The van der Waals surface area contributed by atoms with Crippen LogP contribution < -0.4 is 5.32 Å². The molecule has 1 aliphatic rings. The minimum Gasteiger partial charge on any atom is -0.346 e. The summed E-state index contributed by atoms with van der Waals surface area (Å²) in [5, 5.41) is 4.71. The van der Waals surface area contributed by atoms with Gasteiger partial charge in [-0.25, -0.2) is 4.98 Å². The minimum atomic E-state index is -0.390. The molecule has 0 unspecified atom stereocenters. The maximum Gasteiger partial charge on any atom is 0.261 e. The molecule has 0 saturated carbocycles. The summed E-state index contributed by atoms with van der Waals surface area (Å²) in [5.41, 5.74) is 1.68. The van der Waals surface area contributed by atoms with Crippen LogP contribution in [0.15, 0.2) is 36.0 Å². The molecule has 1 aromatic carbocycles. The average molecular weight is 340 g/mol. The van der Waals surface area contributed by atoms with Crippen LogP contribution in [0.3, 0.4) is 0 Å². The topological polar surface area (TPSA) is 83.8 Å². The molecule has 0 radical (unpaired) electrons. The second kappa shape index (κ2) is 5.27. The maximum absolute atomic E-state index is 12.3. The third-order valence-electron chi connectivity index (χ3n) is 3.93. The highest BCUT2D eigenvalue weighted by molar-refractivity contribution is 7.15. The van der Waals surface area contributed by atoms with Gasteiger partial charge in [0.15, 0.2) is 4.96 Å². The summed E-state index contributed by atoms with van der Waals surface area (Å²) in [6.45, 7) is 0.289. The van der Waals surface area contributed by atoms with E-state index in [4.69, 9.17) is 0 Å². The Morgan fingerprint density at radius 3 is 2.83 bits per heavy atom. The number of imidazole rings is 1. The van der Waals surface area contributed by atoms with Gasteiger partial charge in [0.05, 0.1) is 23.4 Å². The Kier molecular flexibility index (Phi) is 3.20. The van der Waals surface area contributed by atoms with Crippen LogP contribution in [0, 0.1) is 0 Å². The standard InChI is InChI=1S/C16H12N4O3S/c1-19-14(22)11-3-2-9(6-12(11)15(19)23)13(21)17-7-10-8-20-4-5-24-16(20)18-10/h2-6,8H,7H2,1H3,(H,17,21). The Morgan fingerprint density at radius 1 is 1.25 bits per heavy atom. The second-order valence-electron chi connectivity index (χ2n) is 5.44. The van der Waals surface area contributed by atoms with Gasteiger partial charge in [-0.05, 0) is 18.2 Å². The van der Waals surface area contributed by atoms with E-state index in [1.165, 1.54) is 30.5 Å². The number of carbonyl (C=O) groups excluding carboxylic acids is 3. The van der Waals surface area contributed by atoms with Crippen molar-refractivity contribution in [1.29, 1.82) is 0 Å². The van der Waals surface area contributed by atoms with Crippen LogP contribution in [0.25, 0.3) is 4.96 Å². The molecule has 0 atom stereocenters. The summed E-state index contributed by atoms with van der Waals surface area (Å²) in [7, 11) is 1.43. The first kappa shape index (κ1) is 14.6. The first-order valence-electron chi connectivity index (χ1n) is 7.20. The average Bonchev–Trinajstić information content (AvgIpc) is 3.23. The number of benzene rings is 1. The van der Waals surface area contributed by atoms with E-state index in [2.05, 4.69) is 10.3 Å². The maximum atomic E-state index is 12.3. The van der Waals surface area contributed by atoms with Crippen LogP contribution in [0.1, 0.15) is 36.8 Å². The summed E-state index contributed by atoms with van der Waals surface area (Å²) >= 11 is 1.52. The van der Waals surface area contributed by atoms with Crippen molar-refractivity contribution in [1.82, 2.24) is 19.6 Å². The number of fused-ring (bicyclic) bond motifs is 2. The molecule has 3 amide bonds. The van der Waals surface area contributed by atoms with Crippen LogP contribution in [0.5, 0.6) is 0 Å². The zero-order valence-electron chi connectivity index (χ0n) is 12.6. The largest absolute Gasteiger partial charge is 0.346 e. The van der Waals surface area contributed by atoms with Crippen molar-refractivity contribution in [2.75, 3.05) is 7.05 Å². The van der Waals surface area contributed by atoms with E-state index < -0.39 is 0 Å². The number of rotatable bonds is 3. The lowest BCUT2D eigenvalue weighted by Crippen LogP contribution is -2.24. The van der Waals surface area contributed by atoms with Crippen molar-refractivity contribution in [3.05, 3.63) is 58.4 Å². The van der Waals surface area contributed by atoms with Crippen molar-refractivity contribution >= 4 is 34.0 Å². The summed E-state index contributed by atoms with van der Waals surface area (Å²) < 4.78 is 1.89. The van der Waals surface area contributed by atoms with Crippen molar-refractivity contribution in [2.45, 2.75) is 6.54 Å². The molecular formula is C16H12N4O3S. The smallest absolute Gasteiger partial charge is 0.261 e. The molecule has 2 aromatic heterocycles. The third-order valence-corrected chi connectivity index (χ3v) is 4.70. The predicted molar refractivity (Wildman–Crippen MR) is 87.1 cm³/mol. The molecule has 120 valence electrons. The van der Waals surface area contributed by atoms with Crippen molar-refractivity contribution in [3.63, 3.8) is 0 Å². The van der Waals surface area contributed by atoms with Gasteiger partial charge in [-0.2, -0.15) is 0 Å². The molecule has 8 heteroatoms. The van der Waals surface area contributed by atoms with Crippen molar-refractivity contribution in [3.8, 4) is 0 Å². The molecule has 0 aliphatic carbocycles. The van der Waals surface area contributed by atoms with E-state index in [9.17, 15) is 14.4 Å². The van der Waals surface area contributed by atoms with Crippen LogP contribution in [0.2, 0.25) is 0 Å². The van der Waals surface area contributed by atoms with E-state index in [0.29, 0.717) is 11.1 Å². The number of hydrogen-bond acceptors (Lipinski definition) is 5. The highest BCUT2D eigenvalue weighted by Gasteiger charge is 2.33. The molecule has 4 rings (SSSR count). The van der Waals surface area contributed by atoms with E-state index in [1.807, 2.05) is 22.2 Å². The van der Waals surface area contributed by atoms with Gasteiger partial charge in [0, 0.05) is 30.4 Å². The molecule has 3 heterocycles. The van der Waals surface area contributed by atoms with Gasteiger partial charge in [-0.1, -0.05) is 0 Å². The lowest BCUT2D eigenvalue weighted by molar-refractivity contribution is 0.0693. The summed E-state index contributed by atoms with van der Waals surface area (Å²) in [6.07, 6.45) is 3.75. The number of nitrogens with zero attached hydrogens (tertiary/aromatic N) is 3. The summed E-state index contributed by atoms with van der Waals surface area (Å²) in [4.78, 5) is 42.4. The molecule has 24 heavy (non-hydrogen) atoms. The molecule has 1 aliphatic heterocycles. The second-order valence-corrected chi connectivity index (χ2v) is 6.31. The fourth-order valence-corrected chi connectivity index (χ4v) is 3.36. The minimum absolute atomic E-state index is 0.262. The lowest BCUT2D eigenvalue weighted by Gasteiger charge is -2.04. The molecule has 0 saturated heterocycles. The molecule has 0 fully saturated rings. The Balaban J connectivity index is 1.52. The Bertz CT molecular complexity index is 975. The third kappa shape index (κ3) is 2.19. The summed E-state index contributed by atoms with van der Waals surface area (Å²) in [6, 6.07) is 4.52. The number of amides is 3. The van der Waals surface area contributed by atoms with Gasteiger partial charge >= 0.3 is 0 Å². The number of hydrogen-bond donors (Lipinski definition) is 1. The number of imide groups is 1. The van der Waals surface area contributed by atoms with E-state index in [-0.39, 0.29) is 29.8 Å². The molecule has 0 bridgehead atoms. The first-order valence-corrected chi connectivity index (χ1v) is 8.08. The van der Waals surface area contributed by atoms with Gasteiger partial charge in [-0.15, -0.1) is 11.3 Å². The quantitative estimate of drug-likeness (QED) is 0.733. The van der Waals surface area contributed by atoms with Crippen LogP contribution in [0.4, 0.5) is 0 Å². The number of thiazole rings is 1. The van der Waals surface area contributed by atoms with E-state index >= 15 is 0 Å². The SMILES string of the molecule is CN1C(=O)c2ccc(C(=O)NCc3cn4ccsc4n3)cc2C1=O. The van der Waals surface area contributed by atoms with E-state index in [0.717, 1.165) is 15.6 Å². The van der Waals surface area contributed by atoms with E-state index in [1.54, 1.807) is 6.07 Å². The fraction of sp³-hybridized carbons (Fsp3) is 0.125. The molecular weight excluding hydrogens is 328 g/mol. The van der Waals surface area contributed by atoms with Crippen molar-refractivity contribution < 1.29 is 14.4 Å². The number of carbonyl (C=O) groups is 3. The normalized spacial score (nSPS) is 13.6. The first-order chi connectivity index (χ1) is 11.5. The Labute approximate surface area is 140 Å². The van der Waals surface area contributed by atoms with Gasteiger partial charge in [0.2, 0.25) is 0 Å². The van der Waals surface area contributed by atoms with Gasteiger partial charge in [0.25, 0.3) is 17.7 Å². The molecule has 7 nitrogen and oxygen atoms in total. The van der Waals surface area contributed by atoms with Crippen LogP contribution in [-0.4, -0.2) is 39.1 Å². The van der Waals surface area contributed by atoms with Gasteiger partial charge in [-0.3, -0.25) is 23.7 Å². The van der Waals surface area contributed by atoms with Crippen LogP contribution in [-0.2, 0) is 6.54 Å². The zero-order chi connectivity index (χ0) is 16.8. The fourth-order valence-electron chi connectivity index (χ4n) is 2.64. The predicted octanol–water partition coefficient (Wildman–Crippen LogP) is 1.55. The molecule has 1 N–H and O–H groups in total. The Hall–Kier alpha value is -3.00. The molecule has 0 spiro atoms. The van der Waals surface area contributed by atoms with Crippen molar-refractivity contribution in [2.24, 2.45) is 0 Å². The highest BCUT2D eigenvalue weighted by Crippen LogP contribution is 2.22. The Morgan fingerprint density at radius 2 is 2.04 bits per heavy atom. The number of aromatic nitrogens is 2. The number of nitrogens with one attached hydrogen (secondary N) is 1.